The van der Waals surface area contributed by atoms with Crippen LogP contribution in [0.4, 0.5) is 8.78 Å². The van der Waals surface area contributed by atoms with Crippen molar-refractivity contribution in [2.75, 3.05) is 0 Å². The molecule has 1 aromatic rings. The molecule has 1 aliphatic carbocycles. The van der Waals surface area contributed by atoms with Crippen molar-refractivity contribution in [3.8, 4) is 0 Å². The fourth-order valence-electron chi connectivity index (χ4n) is 2.32. The molecule has 1 heterocycles. The quantitative estimate of drug-likeness (QED) is 0.899. The molecule has 0 saturated heterocycles. The fourth-order valence-corrected chi connectivity index (χ4v) is 2.76. The summed E-state index contributed by atoms with van der Waals surface area (Å²) in [6.07, 6.45) is 3.10. The van der Waals surface area contributed by atoms with Gasteiger partial charge in [-0.05, 0) is 37.3 Å². The summed E-state index contributed by atoms with van der Waals surface area (Å²) in [5, 5.41) is 2.92. The van der Waals surface area contributed by atoms with Crippen LogP contribution in [0.15, 0.2) is 16.5 Å². The zero-order valence-corrected chi connectivity index (χ0v) is 11.5. The van der Waals surface area contributed by atoms with E-state index in [-0.39, 0.29) is 23.5 Å². The van der Waals surface area contributed by atoms with E-state index in [9.17, 15) is 13.6 Å². The highest BCUT2D eigenvalue weighted by Gasteiger charge is 2.24. The average Bonchev–Trinajstić information content (AvgIpc) is 2.95. The number of hydrogen-bond acceptors (Lipinski definition) is 3. The van der Waals surface area contributed by atoms with Crippen LogP contribution in [-0.2, 0) is 5.75 Å². The lowest BCUT2D eigenvalue weighted by Crippen LogP contribution is -2.32. The Balaban J connectivity index is 1.85. The van der Waals surface area contributed by atoms with Crippen LogP contribution in [0.1, 0.15) is 42.5 Å². The minimum atomic E-state index is -2.43. The molecular formula is C13H17F2NO2S. The highest BCUT2D eigenvalue weighted by atomic mass is 32.2. The maximum atomic E-state index is 12.0. The molecular weight excluding hydrogens is 272 g/mol. The van der Waals surface area contributed by atoms with Crippen LogP contribution >= 0.6 is 11.8 Å². The second-order valence-electron chi connectivity index (χ2n) is 4.93. The van der Waals surface area contributed by atoms with Gasteiger partial charge in [-0.2, -0.15) is 8.78 Å². The van der Waals surface area contributed by atoms with Gasteiger partial charge < -0.3 is 9.73 Å². The first-order chi connectivity index (χ1) is 9.04. The molecule has 2 unspecified atom stereocenters. The van der Waals surface area contributed by atoms with E-state index in [1.54, 1.807) is 6.07 Å². The second kappa shape index (κ2) is 6.41. The number of carbonyl (C=O) groups is 1. The van der Waals surface area contributed by atoms with Gasteiger partial charge in [0.1, 0.15) is 5.76 Å². The summed E-state index contributed by atoms with van der Waals surface area (Å²) in [4.78, 5) is 11.9. The van der Waals surface area contributed by atoms with Gasteiger partial charge in [0.25, 0.3) is 11.7 Å². The molecule has 1 N–H and O–H groups in total. The van der Waals surface area contributed by atoms with Gasteiger partial charge in [0, 0.05) is 6.04 Å². The van der Waals surface area contributed by atoms with Crippen LogP contribution < -0.4 is 5.32 Å². The van der Waals surface area contributed by atoms with Crippen molar-refractivity contribution in [1.82, 2.24) is 5.32 Å². The molecule has 2 rings (SSSR count). The molecule has 1 saturated carbocycles. The van der Waals surface area contributed by atoms with E-state index in [2.05, 4.69) is 12.2 Å². The first-order valence-electron chi connectivity index (χ1n) is 6.34. The van der Waals surface area contributed by atoms with Gasteiger partial charge in [-0.25, -0.2) is 0 Å². The van der Waals surface area contributed by atoms with Gasteiger partial charge in [0.2, 0.25) is 0 Å². The Morgan fingerprint density at radius 3 is 2.95 bits per heavy atom. The molecule has 1 aromatic heterocycles. The van der Waals surface area contributed by atoms with Crippen LogP contribution in [-0.4, -0.2) is 17.7 Å². The molecule has 106 valence electrons. The number of amides is 1. The second-order valence-corrected chi connectivity index (χ2v) is 5.90. The molecule has 1 fully saturated rings. The molecule has 0 radical (unpaired) electrons. The molecule has 2 atom stereocenters. The lowest BCUT2D eigenvalue weighted by atomic mass is 10.1. The number of nitrogens with one attached hydrogen (secondary N) is 1. The maximum absolute atomic E-state index is 12.0. The van der Waals surface area contributed by atoms with Gasteiger partial charge >= 0.3 is 0 Å². The Labute approximate surface area is 115 Å². The molecule has 6 heteroatoms. The number of halogens is 2. The summed E-state index contributed by atoms with van der Waals surface area (Å²) in [6.45, 7) is 2.17. The van der Waals surface area contributed by atoms with E-state index >= 15 is 0 Å². The van der Waals surface area contributed by atoms with Crippen LogP contribution in [0.25, 0.3) is 0 Å². The first kappa shape index (κ1) is 14.4. The number of carbonyl (C=O) groups excluding carboxylic acids is 1. The molecule has 1 aliphatic rings. The number of rotatable bonds is 5. The minimum Gasteiger partial charge on any atom is -0.455 e. The summed E-state index contributed by atoms with van der Waals surface area (Å²) in [6, 6.07) is 3.31. The Kier molecular flexibility index (Phi) is 4.85. The van der Waals surface area contributed by atoms with Crippen LogP contribution in [0.2, 0.25) is 0 Å². The van der Waals surface area contributed by atoms with Gasteiger partial charge in [0.15, 0.2) is 5.76 Å². The van der Waals surface area contributed by atoms with Crippen molar-refractivity contribution in [2.24, 2.45) is 5.92 Å². The summed E-state index contributed by atoms with van der Waals surface area (Å²) < 4.78 is 29.3. The zero-order valence-electron chi connectivity index (χ0n) is 10.7. The molecule has 19 heavy (non-hydrogen) atoms. The van der Waals surface area contributed by atoms with Crippen molar-refractivity contribution in [2.45, 2.75) is 43.7 Å². The van der Waals surface area contributed by atoms with Crippen LogP contribution in [0, 0.1) is 5.92 Å². The van der Waals surface area contributed by atoms with E-state index < -0.39 is 5.76 Å². The van der Waals surface area contributed by atoms with Gasteiger partial charge in [-0.3, -0.25) is 4.79 Å². The highest BCUT2D eigenvalue weighted by Crippen LogP contribution is 2.25. The Morgan fingerprint density at radius 1 is 1.53 bits per heavy atom. The van der Waals surface area contributed by atoms with Crippen molar-refractivity contribution >= 4 is 17.7 Å². The third kappa shape index (κ3) is 4.23. The minimum absolute atomic E-state index is 0.0748. The predicted octanol–water partition coefficient (Wildman–Crippen LogP) is 3.65. The number of furan rings is 1. The summed E-state index contributed by atoms with van der Waals surface area (Å²) in [7, 11) is 0. The fraction of sp³-hybridized carbons (Fsp3) is 0.615. The first-order valence-corrected chi connectivity index (χ1v) is 7.39. The van der Waals surface area contributed by atoms with Crippen molar-refractivity contribution in [3.05, 3.63) is 23.7 Å². The summed E-state index contributed by atoms with van der Waals surface area (Å²) >= 11 is 0.484. The summed E-state index contributed by atoms with van der Waals surface area (Å²) in [5.41, 5.74) is 0. The third-order valence-electron chi connectivity index (χ3n) is 3.27. The number of thioether (sulfide) groups is 1. The monoisotopic (exact) mass is 289 g/mol. The topological polar surface area (TPSA) is 42.2 Å². The Bertz CT molecular complexity index is 436. The molecule has 1 amide bonds. The lowest BCUT2D eigenvalue weighted by molar-refractivity contribution is 0.0908. The van der Waals surface area contributed by atoms with E-state index in [1.807, 2.05) is 0 Å². The predicted molar refractivity (Wildman–Crippen MR) is 70.3 cm³/mol. The standard InChI is InChI=1S/C13H17F2NO2S/c1-8-2-3-9(6-8)16-12(17)11-5-4-10(18-11)7-19-13(14)15/h4-5,8-9,13H,2-3,6-7H2,1H3,(H,16,17). The number of hydrogen-bond donors (Lipinski definition) is 1. The van der Waals surface area contributed by atoms with Gasteiger partial charge in [0.05, 0.1) is 5.75 Å². The van der Waals surface area contributed by atoms with Crippen molar-refractivity contribution in [1.29, 1.82) is 0 Å². The average molecular weight is 289 g/mol. The zero-order chi connectivity index (χ0) is 13.8. The normalized spacial score (nSPS) is 22.9. The molecule has 0 aliphatic heterocycles. The van der Waals surface area contributed by atoms with Gasteiger partial charge in [-0.1, -0.05) is 18.7 Å². The third-order valence-corrected chi connectivity index (χ3v) is 3.97. The van der Waals surface area contributed by atoms with E-state index in [1.165, 1.54) is 6.07 Å². The smallest absolute Gasteiger partial charge is 0.287 e. The van der Waals surface area contributed by atoms with Gasteiger partial charge in [-0.15, -0.1) is 0 Å². The molecule has 0 aromatic carbocycles. The maximum Gasteiger partial charge on any atom is 0.287 e. The SMILES string of the molecule is CC1CCC(NC(=O)c2ccc(CSC(F)F)o2)C1. The van der Waals surface area contributed by atoms with Crippen LogP contribution in [0.3, 0.4) is 0 Å². The Hall–Kier alpha value is -1.04. The molecule has 0 spiro atoms. The van der Waals surface area contributed by atoms with E-state index in [0.717, 1.165) is 19.3 Å². The molecule has 3 nitrogen and oxygen atoms in total. The largest absolute Gasteiger partial charge is 0.455 e. The molecule has 0 bridgehead atoms. The van der Waals surface area contributed by atoms with Crippen molar-refractivity contribution in [3.63, 3.8) is 0 Å². The number of alkyl halides is 2. The Morgan fingerprint density at radius 2 is 2.32 bits per heavy atom. The highest BCUT2D eigenvalue weighted by molar-refractivity contribution is 7.98. The van der Waals surface area contributed by atoms with Crippen LogP contribution in [0.5, 0.6) is 0 Å². The summed E-state index contributed by atoms with van der Waals surface area (Å²) in [5.74, 6) is -1.37. The van der Waals surface area contributed by atoms with E-state index in [0.29, 0.717) is 23.4 Å². The lowest BCUT2D eigenvalue weighted by Gasteiger charge is -2.10. The van der Waals surface area contributed by atoms with E-state index in [4.69, 9.17) is 4.42 Å². The van der Waals surface area contributed by atoms with Crippen molar-refractivity contribution < 1.29 is 18.0 Å².